The smallest absolute Gasteiger partial charge is 0.143 e. The van der Waals surface area contributed by atoms with Gasteiger partial charge < -0.3 is 0 Å². The van der Waals surface area contributed by atoms with E-state index in [-0.39, 0.29) is 0 Å². The Morgan fingerprint density at radius 2 is 2.20 bits per heavy atom. The van der Waals surface area contributed by atoms with E-state index in [1.807, 2.05) is 6.07 Å². The number of hydrogen-bond donors (Lipinski definition) is 0. The molecular weight excluding hydrogens is 228 g/mol. The fourth-order valence-electron chi connectivity index (χ4n) is 1.33. The first kappa shape index (κ1) is 10.6. The second-order valence-corrected chi connectivity index (χ2v) is 4.75. The predicted molar refractivity (Wildman–Crippen MR) is 64.5 cm³/mol. The summed E-state index contributed by atoms with van der Waals surface area (Å²) in [5, 5.41) is 10.2. The van der Waals surface area contributed by atoms with Gasteiger partial charge in [0.1, 0.15) is 10.0 Å². The van der Waals surface area contributed by atoms with Crippen LogP contribution in [0.1, 0.15) is 10.6 Å². The van der Waals surface area contributed by atoms with Gasteiger partial charge in [-0.1, -0.05) is 35.1 Å². The highest BCUT2D eigenvalue weighted by Gasteiger charge is 2.05. The van der Waals surface area contributed by atoms with Gasteiger partial charge in [0.25, 0.3) is 0 Å². The molecule has 1 heterocycles. The van der Waals surface area contributed by atoms with Crippen molar-refractivity contribution in [1.82, 2.24) is 10.2 Å². The fraction of sp³-hybridized carbons (Fsp3) is 0.273. The Hall–Kier alpha value is -0.930. The maximum Gasteiger partial charge on any atom is 0.147 e. The zero-order chi connectivity index (χ0) is 10.7. The number of aryl methyl sites for hydroxylation is 2. The molecule has 0 aliphatic rings. The van der Waals surface area contributed by atoms with Crippen molar-refractivity contribution < 1.29 is 0 Å². The minimum absolute atomic E-state index is 0.600. The lowest BCUT2D eigenvalue weighted by Crippen LogP contribution is -1.83. The van der Waals surface area contributed by atoms with Gasteiger partial charge in [0, 0.05) is 17.9 Å². The van der Waals surface area contributed by atoms with E-state index >= 15 is 0 Å². The first-order valence-corrected chi connectivity index (χ1v) is 6.10. The van der Waals surface area contributed by atoms with Crippen molar-refractivity contribution in [2.75, 3.05) is 5.88 Å². The third kappa shape index (κ3) is 2.55. The van der Waals surface area contributed by atoms with Crippen LogP contribution >= 0.6 is 22.9 Å². The summed E-state index contributed by atoms with van der Waals surface area (Å²) in [6.45, 7) is 2.07. The van der Waals surface area contributed by atoms with Gasteiger partial charge in [-0.2, -0.15) is 0 Å². The molecule has 78 valence electrons. The summed E-state index contributed by atoms with van der Waals surface area (Å²) in [5.41, 5.74) is 2.37. The van der Waals surface area contributed by atoms with Crippen molar-refractivity contribution in [3.8, 4) is 10.6 Å². The molecule has 0 radical (unpaired) electrons. The van der Waals surface area contributed by atoms with Gasteiger partial charge in [-0.3, -0.25) is 0 Å². The number of benzene rings is 1. The summed E-state index contributed by atoms with van der Waals surface area (Å²) in [6.07, 6.45) is 0.797. The average molecular weight is 239 g/mol. The Kier molecular flexibility index (Phi) is 3.34. The lowest BCUT2D eigenvalue weighted by molar-refractivity contribution is 0.990. The van der Waals surface area contributed by atoms with E-state index in [2.05, 4.69) is 35.3 Å². The Morgan fingerprint density at radius 1 is 1.33 bits per heavy atom. The van der Waals surface area contributed by atoms with E-state index in [1.165, 1.54) is 5.56 Å². The summed E-state index contributed by atoms with van der Waals surface area (Å²) < 4.78 is 0. The SMILES string of the molecule is Cc1cccc(-c2nnc(CCCl)s2)c1. The number of aromatic nitrogens is 2. The summed E-state index contributed by atoms with van der Waals surface area (Å²) in [6, 6.07) is 8.28. The molecule has 0 aliphatic carbocycles. The topological polar surface area (TPSA) is 25.8 Å². The van der Waals surface area contributed by atoms with Gasteiger partial charge >= 0.3 is 0 Å². The maximum absolute atomic E-state index is 5.66. The molecule has 0 saturated carbocycles. The van der Waals surface area contributed by atoms with Crippen LogP contribution in [0.5, 0.6) is 0 Å². The summed E-state index contributed by atoms with van der Waals surface area (Å²) in [4.78, 5) is 0. The van der Waals surface area contributed by atoms with Crippen molar-refractivity contribution in [2.45, 2.75) is 13.3 Å². The number of halogens is 1. The van der Waals surface area contributed by atoms with Crippen LogP contribution in [0.3, 0.4) is 0 Å². The van der Waals surface area contributed by atoms with E-state index in [0.29, 0.717) is 5.88 Å². The summed E-state index contributed by atoms with van der Waals surface area (Å²) in [5.74, 6) is 0.600. The maximum atomic E-state index is 5.66. The molecule has 2 nitrogen and oxygen atoms in total. The third-order valence-corrected chi connectivity index (χ3v) is 3.26. The van der Waals surface area contributed by atoms with Crippen LogP contribution in [0.25, 0.3) is 10.6 Å². The van der Waals surface area contributed by atoms with Crippen LogP contribution in [-0.4, -0.2) is 16.1 Å². The molecule has 0 aliphatic heterocycles. The van der Waals surface area contributed by atoms with E-state index in [1.54, 1.807) is 11.3 Å². The van der Waals surface area contributed by atoms with Crippen molar-refractivity contribution in [3.63, 3.8) is 0 Å². The first-order chi connectivity index (χ1) is 7.29. The number of alkyl halides is 1. The van der Waals surface area contributed by atoms with Crippen molar-refractivity contribution in [3.05, 3.63) is 34.8 Å². The molecule has 2 aromatic rings. The van der Waals surface area contributed by atoms with Gasteiger partial charge in [-0.25, -0.2) is 0 Å². The van der Waals surface area contributed by atoms with Gasteiger partial charge in [-0.05, 0) is 13.0 Å². The molecule has 0 amide bonds. The number of nitrogens with zero attached hydrogens (tertiary/aromatic N) is 2. The highest BCUT2D eigenvalue weighted by Crippen LogP contribution is 2.24. The monoisotopic (exact) mass is 238 g/mol. The highest BCUT2D eigenvalue weighted by atomic mass is 35.5. The molecule has 2 rings (SSSR count). The van der Waals surface area contributed by atoms with Crippen LogP contribution in [0.2, 0.25) is 0 Å². The Bertz CT molecular complexity index is 453. The largest absolute Gasteiger partial charge is 0.147 e. The van der Waals surface area contributed by atoms with E-state index in [9.17, 15) is 0 Å². The second kappa shape index (κ2) is 4.73. The Balaban J connectivity index is 2.29. The van der Waals surface area contributed by atoms with Crippen molar-refractivity contribution >= 4 is 22.9 Å². The zero-order valence-electron chi connectivity index (χ0n) is 8.40. The average Bonchev–Trinajstić information content (AvgIpc) is 2.67. The molecule has 0 fully saturated rings. The Labute approximate surface area is 97.9 Å². The molecule has 15 heavy (non-hydrogen) atoms. The second-order valence-electron chi connectivity index (χ2n) is 3.31. The van der Waals surface area contributed by atoms with Gasteiger partial charge in [0.15, 0.2) is 0 Å². The fourth-order valence-corrected chi connectivity index (χ4v) is 2.46. The highest BCUT2D eigenvalue weighted by molar-refractivity contribution is 7.14. The van der Waals surface area contributed by atoms with Gasteiger partial charge in [0.2, 0.25) is 0 Å². The van der Waals surface area contributed by atoms with Crippen LogP contribution in [0.4, 0.5) is 0 Å². The van der Waals surface area contributed by atoms with Crippen molar-refractivity contribution in [2.24, 2.45) is 0 Å². The normalized spacial score (nSPS) is 10.5. The molecule has 4 heteroatoms. The van der Waals surface area contributed by atoms with E-state index in [4.69, 9.17) is 11.6 Å². The standard InChI is InChI=1S/C11H11ClN2S/c1-8-3-2-4-9(7-8)11-14-13-10(15-11)5-6-12/h2-4,7H,5-6H2,1H3. The Morgan fingerprint density at radius 3 is 2.93 bits per heavy atom. The molecule has 0 N–H and O–H groups in total. The molecule has 0 spiro atoms. The first-order valence-electron chi connectivity index (χ1n) is 4.75. The predicted octanol–water partition coefficient (Wildman–Crippen LogP) is 3.29. The van der Waals surface area contributed by atoms with E-state index < -0.39 is 0 Å². The van der Waals surface area contributed by atoms with Crippen LogP contribution in [0, 0.1) is 6.92 Å². The van der Waals surface area contributed by atoms with Crippen LogP contribution in [0.15, 0.2) is 24.3 Å². The van der Waals surface area contributed by atoms with Crippen molar-refractivity contribution in [1.29, 1.82) is 0 Å². The molecule has 0 atom stereocenters. The molecule has 1 aromatic carbocycles. The van der Waals surface area contributed by atoms with Gasteiger partial charge in [0.05, 0.1) is 0 Å². The molecule has 0 saturated heterocycles. The molecule has 0 bridgehead atoms. The zero-order valence-corrected chi connectivity index (χ0v) is 9.98. The molecular formula is C11H11ClN2S. The summed E-state index contributed by atoms with van der Waals surface area (Å²) >= 11 is 7.27. The van der Waals surface area contributed by atoms with E-state index in [0.717, 1.165) is 22.0 Å². The summed E-state index contributed by atoms with van der Waals surface area (Å²) in [7, 11) is 0. The lowest BCUT2D eigenvalue weighted by Gasteiger charge is -1.95. The van der Waals surface area contributed by atoms with Gasteiger partial charge in [-0.15, -0.1) is 21.8 Å². The third-order valence-electron chi connectivity index (χ3n) is 2.04. The van der Waals surface area contributed by atoms with Crippen LogP contribution < -0.4 is 0 Å². The number of hydrogen-bond acceptors (Lipinski definition) is 3. The lowest BCUT2D eigenvalue weighted by atomic mass is 10.1. The van der Waals surface area contributed by atoms with Crippen LogP contribution in [-0.2, 0) is 6.42 Å². The number of rotatable bonds is 3. The quantitative estimate of drug-likeness (QED) is 0.767. The molecule has 0 unspecified atom stereocenters. The minimum atomic E-state index is 0.600. The minimum Gasteiger partial charge on any atom is -0.143 e. The molecule has 1 aromatic heterocycles.